The van der Waals surface area contributed by atoms with Gasteiger partial charge in [-0.1, -0.05) is 47.7 Å². The second kappa shape index (κ2) is 9.43. The monoisotopic (exact) mass is 367 g/mol. The number of likely N-dealkylation sites (tertiary alicyclic amines) is 1. The minimum absolute atomic E-state index is 0.00313. The molecule has 1 N–H and O–H groups in total. The van der Waals surface area contributed by atoms with E-state index in [0.29, 0.717) is 5.75 Å². The van der Waals surface area contributed by atoms with Crippen molar-refractivity contribution in [1.29, 1.82) is 0 Å². The van der Waals surface area contributed by atoms with Gasteiger partial charge in [0.25, 0.3) is 0 Å². The van der Waals surface area contributed by atoms with Crippen molar-refractivity contribution in [2.24, 2.45) is 4.99 Å². The van der Waals surface area contributed by atoms with Gasteiger partial charge in [-0.2, -0.15) is 0 Å². The summed E-state index contributed by atoms with van der Waals surface area (Å²) in [5, 5.41) is 3.90. The fourth-order valence-electron chi connectivity index (χ4n) is 2.86. The van der Waals surface area contributed by atoms with Gasteiger partial charge in [0, 0.05) is 18.8 Å². The zero-order valence-electron chi connectivity index (χ0n) is 15.1. The van der Waals surface area contributed by atoms with Crippen molar-refractivity contribution in [2.45, 2.75) is 26.2 Å². The van der Waals surface area contributed by atoms with E-state index in [0.717, 1.165) is 29.6 Å². The minimum Gasteiger partial charge on any atom is -0.351 e. The van der Waals surface area contributed by atoms with Gasteiger partial charge in [-0.25, -0.2) is 4.99 Å². The number of thioether (sulfide) groups is 1. The molecule has 3 rings (SSSR count). The highest BCUT2D eigenvalue weighted by Crippen LogP contribution is 2.21. The average Bonchev–Trinajstić information content (AvgIpc) is 2.68. The number of aryl methyl sites for hydroxylation is 1. The number of amides is 1. The molecule has 0 aliphatic carbocycles. The number of piperidine rings is 1. The van der Waals surface area contributed by atoms with Crippen LogP contribution in [0.2, 0.25) is 0 Å². The van der Waals surface area contributed by atoms with Gasteiger partial charge < -0.3 is 10.2 Å². The van der Waals surface area contributed by atoms with Crippen molar-refractivity contribution in [3.05, 3.63) is 60.2 Å². The summed E-state index contributed by atoms with van der Waals surface area (Å²) in [6.07, 6.45) is 3.64. The topological polar surface area (TPSA) is 44.7 Å². The van der Waals surface area contributed by atoms with Gasteiger partial charge in [0.1, 0.15) is 0 Å². The van der Waals surface area contributed by atoms with E-state index >= 15 is 0 Å². The van der Waals surface area contributed by atoms with Crippen LogP contribution >= 0.6 is 11.8 Å². The fourth-order valence-corrected chi connectivity index (χ4v) is 3.72. The highest BCUT2D eigenvalue weighted by Gasteiger charge is 2.17. The van der Waals surface area contributed by atoms with Gasteiger partial charge >= 0.3 is 0 Å². The summed E-state index contributed by atoms with van der Waals surface area (Å²) in [4.78, 5) is 19.4. The molecular weight excluding hydrogens is 342 g/mol. The van der Waals surface area contributed by atoms with E-state index in [4.69, 9.17) is 4.99 Å². The molecule has 0 radical (unpaired) electrons. The molecule has 2 aromatic rings. The Kier molecular flexibility index (Phi) is 6.72. The Morgan fingerprint density at radius 2 is 1.73 bits per heavy atom. The lowest BCUT2D eigenvalue weighted by atomic mass is 10.1. The van der Waals surface area contributed by atoms with Gasteiger partial charge in [-0.3, -0.25) is 4.79 Å². The second-order valence-electron chi connectivity index (χ2n) is 6.48. The lowest BCUT2D eigenvalue weighted by Gasteiger charge is -2.29. The van der Waals surface area contributed by atoms with Crippen LogP contribution < -0.4 is 5.32 Å². The Morgan fingerprint density at radius 1 is 1.04 bits per heavy atom. The first-order valence-electron chi connectivity index (χ1n) is 9.09. The van der Waals surface area contributed by atoms with Crippen LogP contribution in [0.5, 0.6) is 0 Å². The number of carbonyl (C=O) groups is 1. The molecule has 26 heavy (non-hydrogen) atoms. The molecule has 1 heterocycles. The Morgan fingerprint density at radius 3 is 2.42 bits per heavy atom. The summed E-state index contributed by atoms with van der Waals surface area (Å²) in [6.45, 7) is 4.06. The van der Waals surface area contributed by atoms with Crippen LogP contribution in [0.1, 0.15) is 24.8 Å². The molecule has 0 atom stereocenters. The summed E-state index contributed by atoms with van der Waals surface area (Å²) in [5.41, 5.74) is 2.94. The summed E-state index contributed by atoms with van der Waals surface area (Å²) in [5.74, 6) is 0.354. The first kappa shape index (κ1) is 18.5. The summed E-state index contributed by atoms with van der Waals surface area (Å²) >= 11 is 1.52. The number of rotatable bonds is 4. The van der Waals surface area contributed by atoms with Crippen molar-refractivity contribution in [3.63, 3.8) is 0 Å². The number of anilines is 1. The number of nitrogens with zero attached hydrogens (tertiary/aromatic N) is 2. The average molecular weight is 368 g/mol. The number of carbonyl (C=O) groups excluding carboxylic acids is 1. The lowest BCUT2D eigenvalue weighted by Crippen LogP contribution is -2.34. The molecule has 1 amide bonds. The summed E-state index contributed by atoms with van der Waals surface area (Å²) in [6, 6.07) is 17.8. The second-order valence-corrected chi connectivity index (χ2v) is 7.42. The zero-order valence-corrected chi connectivity index (χ0v) is 16.0. The zero-order chi connectivity index (χ0) is 18.2. The third-order valence-electron chi connectivity index (χ3n) is 4.28. The van der Waals surface area contributed by atoms with E-state index in [9.17, 15) is 4.79 Å². The Hall–Kier alpha value is -2.27. The van der Waals surface area contributed by atoms with Gasteiger partial charge in [0.15, 0.2) is 5.17 Å². The predicted octanol–water partition coefficient (Wildman–Crippen LogP) is 4.84. The Bertz CT molecular complexity index is 738. The number of nitrogens with one attached hydrogen (secondary N) is 1. The van der Waals surface area contributed by atoms with Crippen LogP contribution in [-0.2, 0) is 4.79 Å². The van der Waals surface area contributed by atoms with Gasteiger partial charge in [-0.05, 0) is 50.5 Å². The summed E-state index contributed by atoms with van der Waals surface area (Å²) < 4.78 is 0. The van der Waals surface area contributed by atoms with Crippen LogP contribution in [0.15, 0.2) is 59.6 Å². The maximum atomic E-state index is 12.3. The van der Waals surface area contributed by atoms with Crippen molar-refractivity contribution in [1.82, 2.24) is 4.90 Å². The fraction of sp³-hybridized carbons (Fsp3) is 0.333. The standard InChI is InChI=1S/C21H25N3OS/c1-17-10-12-19(13-11-17)22-20(25)16-26-21(24-14-6-3-7-15-24)23-18-8-4-2-5-9-18/h2,4-5,8-13H,3,6-7,14-16H2,1H3,(H,22,25). The first-order valence-corrected chi connectivity index (χ1v) is 10.1. The molecular formula is C21H25N3OS. The van der Waals surface area contributed by atoms with E-state index in [1.54, 1.807) is 0 Å². The number of hydrogen-bond acceptors (Lipinski definition) is 3. The molecule has 0 spiro atoms. The van der Waals surface area contributed by atoms with E-state index < -0.39 is 0 Å². The molecule has 5 heteroatoms. The van der Waals surface area contributed by atoms with Crippen molar-refractivity contribution in [2.75, 3.05) is 24.2 Å². The molecule has 1 aliphatic heterocycles. The smallest absolute Gasteiger partial charge is 0.234 e. The van der Waals surface area contributed by atoms with Crippen LogP contribution in [0.4, 0.5) is 11.4 Å². The van der Waals surface area contributed by atoms with Gasteiger partial charge in [-0.15, -0.1) is 0 Å². The lowest BCUT2D eigenvalue weighted by molar-refractivity contribution is -0.113. The largest absolute Gasteiger partial charge is 0.351 e. The highest BCUT2D eigenvalue weighted by atomic mass is 32.2. The van der Waals surface area contributed by atoms with Gasteiger partial charge in [0.05, 0.1) is 11.4 Å². The molecule has 1 saturated heterocycles. The first-order chi connectivity index (χ1) is 12.7. The Balaban J connectivity index is 1.64. The maximum Gasteiger partial charge on any atom is 0.234 e. The minimum atomic E-state index is -0.00313. The molecule has 0 unspecified atom stereocenters. The quantitative estimate of drug-likeness (QED) is 0.621. The Labute approximate surface area is 159 Å². The third-order valence-corrected chi connectivity index (χ3v) is 5.29. The van der Waals surface area contributed by atoms with Crippen LogP contribution in [0.25, 0.3) is 0 Å². The van der Waals surface area contributed by atoms with E-state index in [1.165, 1.54) is 36.6 Å². The molecule has 0 bridgehead atoms. The van der Waals surface area contributed by atoms with Crippen molar-refractivity contribution < 1.29 is 4.79 Å². The molecule has 1 fully saturated rings. The number of aliphatic imine (C=N–C) groups is 1. The molecule has 1 aliphatic rings. The number of para-hydroxylation sites is 1. The van der Waals surface area contributed by atoms with Crippen LogP contribution in [-0.4, -0.2) is 34.8 Å². The molecule has 136 valence electrons. The number of hydrogen-bond donors (Lipinski definition) is 1. The molecule has 2 aromatic carbocycles. The van der Waals surface area contributed by atoms with Crippen molar-refractivity contribution >= 4 is 34.2 Å². The number of amidine groups is 1. The van der Waals surface area contributed by atoms with Crippen molar-refractivity contribution in [3.8, 4) is 0 Å². The van der Waals surface area contributed by atoms with E-state index in [2.05, 4.69) is 10.2 Å². The predicted molar refractivity (Wildman–Crippen MR) is 111 cm³/mol. The van der Waals surface area contributed by atoms with E-state index in [1.807, 2.05) is 61.5 Å². The molecule has 0 saturated carbocycles. The highest BCUT2D eigenvalue weighted by molar-refractivity contribution is 8.14. The molecule has 0 aromatic heterocycles. The maximum absolute atomic E-state index is 12.3. The third kappa shape index (κ3) is 5.63. The SMILES string of the molecule is Cc1ccc(NC(=O)CSC(=Nc2ccccc2)N2CCCCC2)cc1. The van der Waals surface area contributed by atoms with E-state index in [-0.39, 0.29) is 5.91 Å². The summed E-state index contributed by atoms with van der Waals surface area (Å²) in [7, 11) is 0. The molecule has 4 nitrogen and oxygen atoms in total. The normalized spacial score (nSPS) is 15.0. The van der Waals surface area contributed by atoms with Gasteiger partial charge in [0.2, 0.25) is 5.91 Å². The number of benzene rings is 2. The van der Waals surface area contributed by atoms with Crippen LogP contribution in [0, 0.1) is 6.92 Å². The van der Waals surface area contributed by atoms with Crippen LogP contribution in [0.3, 0.4) is 0 Å².